The van der Waals surface area contributed by atoms with Crippen LogP contribution >= 0.6 is 0 Å². The Morgan fingerprint density at radius 1 is 1.38 bits per heavy atom. The largest absolute Gasteiger partial charge is 0.337 e. The normalized spacial score (nSPS) is 28.1. The molecule has 0 bridgehead atoms. The molecule has 1 N–H and O–H groups in total. The number of rotatable bonds is 1. The third-order valence-electron chi connectivity index (χ3n) is 3.58. The Bertz CT molecular complexity index is 381. The molecule has 2 aliphatic heterocycles. The van der Waals surface area contributed by atoms with E-state index in [0.717, 1.165) is 25.2 Å². The average Bonchev–Trinajstić information content (AvgIpc) is 2.89. The van der Waals surface area contributed by atoms with Crippen molar-refractivity contribution in [2.45, 2.75) is 12.5 Å². The van der Waals surface area contributed by atoms with Gasteiger partial charge in [-0.05, 0) is 31.0 Å². The zero-order valence-electron chi connectivity index (χ0n) is 9.10. The summed E-state index contributed by atoms with van der Waals surface area (Å²) in [6.07, 6.45) is 4.54. The molecule has 1 aromatic rings. The second kappa shape index (κ2) is 3.87. The van der Waals surface area contributed by atoms with Crippen molar-refractivity contribution in [2.75, 3.05) is 19.6 Å². The third-order valence-corrected chi connectivity index (χ3v) is 3.58. The van der Waals surface area contributed by atoms with Gasteiger partial charge < -0.3 is 10.2 Å². The molecule has 3 heterocycles. The lowest BCUT2D eigenvalue weighted by Crippen LogP contribution is -2.33. The molecule has 2 saturated heterocycles. The molecule has 1 amide bonds. The molecular formula is C12H15N3O. The molecule has 0 spiro atoms. The second-order valence-corrected chi connectivity index (χ2v) is 4.56. The Hall–Kier alpha value is -1.42. The monoisotopic (exact) mass is 217 g/mol. The predicted molar refractivity (Wildman–Crippen MR) is 60.0 cm³/mol. The number of carbonyl (C=O) groups is 1. The minimum absolute atomic E-state index is 0.138. The van der Waals surface area contributed by atoms with Crippen molar-refractivity contribution in [1.29, 1.82) is 0 Å². The minimum atomic E-state index is 0.138. The minimum Gasteiger partial charge on any atom is -0.337 e. The molecule has 2 fully saturated rings. The maximum Gasteiger partial charge on any atom is 0.254 e. The first-order chi connectivity index (χ1) is 7.84. The van der Waals surface area contributed by atoms with Crippen molar-refractivity contribution in [2.24, 2.45) is 5.92 Å². The first-order valence-electron chi connectivity index (χ1n) is 5.77. The van der Waals surface area contributed by atoms with E-state index < -0.39 is 0 Å². The lowest BCUT2D eigenvalue weighted by Gasteiger charge is -2.17. The lowest BCUT2D eigenvalue weighted by molar-refractivity contribution is 0.0782. The molecule has 16 heavy (non-hydrogen) atoms. The predicted octanol–water partition coefficient (Wildman–Crippen LogP) is 0.515. The Balaban J connectivity index is 1.73. The number of hydrogen-bond donors (Lipinski definition) is 1. The topological polar surface area (TPSA) is 45.2 Å². The number of hydrogen-bond acceptors (Lipinski definition) is 3. The van der Waals surface area contributed by atoms with Crippen LogP contribution in [-0.2, 0) is 0 Å². The van der Waals surface area contributed by atoms with E-state index >= 15 is 0 Å². The number of carbonyl (C=O) groups excluding carboxylic acids is 1. The molecule has 3 rings (SSSR count). The molecule has 0 aromatic carbocycles. The van der Waals surface area contributed by atoms with Crippen molar-refractivity contribution >= 4 is 5.91 Å². The van der Waals surface area contributed by atoms with Crippen LogP contribution in [0.5, 0.6) is 0 Å². The molecule has 0 radical (unpaired) electrons. The van der Waals surface area contributed by atoms with E-state index in [1.54, 1.807) is 24.5 Å². The molecule has 0 saturated carbocycles. The van der Waals surface area contributed by atoms with E-state index in [4.69, 9.17) is 0 Å². The fraction of sp³-hybridized carbons (Fsp3) is 0.500. The van der Waals surface area contributed by atoms with Gasteiger partial charge in [0.2, 0.25) is 0 Å². The zero-order chi connectivity index (χ0) is 11.0. The van der Waals surface area contributed by atoms with E-state index in [9.17, 15) is 4.79 Å². The van der Waals surface area contributed by atoms with Gasteiger partial charge in [0.05, 0.1) is 0 Å². The van der Waals surface area contributed by atoms with Crippen molar-refractivity contribution in [3.8, 4) is 0 Å². The fourth-order valence-corrected chi connectivity index (χ4v) is 2.69. The second-order valence-electron chi connectivity index (χ2n) is 4.56. The molecule has 0 unspecified atom stereocenters. The molecule has 1 aromatic heterocycles. The van der Waals surface area contributed by atoms with Crippen LogP contribution in [0.2, 0.25) is 0 Å². The van der Waals surface area contributed by atoms with Gasteiger partial charge >= 0.3 is 0 Å². The number of likely N-dealkylation sites (tertiary alicyclic amines) is 1. The van der Waals surface area contributed by atoms with Crippen LogP contribution in [0.4, 0.5) is 0 Å². The van der Waals surface area contributed by atoms with Crippen LogP contribution in [0.25, 0.3) is 0 Å². The van der Waals surface area contributed by atoms with Crippen molar-refractivity contribution < 1.29 is 4.79 Å². The van der Waals surface area contributed by atoms with Crippen LogP contribution in [0.1, 0.15) is 16.8 Å². The van der Waals surface area contributed by atoms with Crippen LogP contribution in [0.3, 0.4) is 0 Å². The summed E-state index contributed by atoms with van der Waals surface area (Å²) in [6, 6.07) is 4.08. The number of nitrogens with zero attached hydrogens (tertiary/aromatic N) is 2. The number of nitrogens with one attached hydrogen (secondary N) is 1. The SMILES string of the molecule is O=C(c1ccncc1)N1C[C@H]2CCN[C@H]2C1. The van der Waals surface area contributed by atoms with Crippen LogP contribution in [0, 0.1) is 5.92 Å². The standard InChI is InChI=1S/C12H15N3O/c16-12(9-1-4-13-5-2-9)15-7-10-3-6-14-11(10)8-15/h1-2,4-5,10-11,14H,3,6-8H2/t10-,11+/m1/s1. The number of aromatic nitrogens is 1. The summed E-state index contributed by atoms with van der Waals surface area (Å²) < 4.78 is 0. The van der Waals surface area contributed by atoms with Gasteiger partial charge in [-0.25, -0.2) is 0 Å². The fourth-order valence-electron chi connectivity index (χ4n) is 2.69. The lowest BCUT2D eigenvalue weighted by atomic mass is 10.1. The Morgan fingerprint density at radius 2 is 2.19 bits per heavy atom. The third kappa shape index (κ3) is 1.59. The summed E-state index contributed by atoms with van der Waals surface area (Å²) in [4.78, 5) is 18.0. The van der Waals surface area contributed by atoms with Crippen molar-refractivity contribution in [1.82, 2.24) is 15.2 Å². The van der Waals surface area contributed by atoms with Crippen molar-refractivity contribution in [3.05, 3.63) is 30.1 Å². The summed E-state index contributed by atoms with van der Waals surface area (Å²) in [7, 11) is 0. The molecule has 84 valence electrons. The number of amides is 1. The first kappa shape index (κ1) is 9.78. The van der Waals surface area contributed by atoms with Crippen LogP contribution < -0.4 is 5.32 Å². The highest BCUT2D eigenvalue weighted by molar-refractivity contribution is 5.94. The van der Waals surface area contributed by atoms with Gasteiger partial charge in [-0.3, -0.25) is 9.78 Å². The highest BCUT2D eigenvalue weighted by Gasteiger charge is 2.37. The van der Waals surface area contributed by atoms with Crippen LogP contribution in [0.15, 0.2) is 24.5 Å². The van der Waals surface area contributed by atoms with Crippen LogP contribution in [-0.4, -0.2) is 41.5 Å². The molecular weight excluding hydrogens is 202 g/mol. The summed E-state index contributed by atoms with van der Waals surface area (Å²) in [5.74, 6) is 0.796. The summed E-state index contributed by atoms with van der Waals surface area (Å²) in [5, 5.41) is 3.45. The van der Waals surface area contributed by atoms with E-state index in [2.05, 4.69) is 10.3 Å². The number of pyridine rings is 1. The highest BCUT2D eigenvalue weighted by Crippen LogP contribution is 2.25. The van der Waals surface area contributed by atoms with Gasteiger partial charge in [-0.1, -0.05) is 0 Å². The van der Waals surface area contributed by atoms with E-state index in [1.165, 1.54) is 6.42 Å². The van der Waals surface area contributed by atoms with Gasteiger partial charge in [-0.2, -0.15) is 0 Å². The van der Waals surface area contributed by atoms with Gasteiger partial charge in [0.25, 0.3) is 5.91 Å². The average molecular weight is 217 g/mol. The van der Waals surface area contributed by atoms with Gasteiger partial charge in [0, 0.05) is 37.1 Å². The number of fused-ring (bicyclic) bond motifs is 1. The quantitative estimate of drug-likeness (QED) is 0.745. The van der Waals surface area contributed by atoms with E-state index in [1.807, 2.05) is 4.90 Å². The van der Waals surface area contributed by atoms with Gasteiger partial charge in [0.1, 0.15) is 0 Å². The molecule has 2 aliphatic rings. The summed E-state index contributed by atoms with van der Waals surface area (Å²) in [6.45, 7) is 2.86. The zero-order valence-corrected chi connectivity index (χ0v) is 9.10. The molecule has 2 atom stereocenters. The Morgan fingerprint density at radius 3 is 2.94 bits per heavy atom. The Kier molecular flexibility index (Phi) is 2.36. The molecule has 4 heteroatoms. The highest BCUT2D eigenvalue weighted by atomic mass is 16.2. The van der Waals surface area contributed by atoms with E-state index in [-0.39, 0.29) is 5.91 Å². The van der Waals surface area contributed by atoms with Gasteiger partial charge in [-0.15, -0.1) is 0 Å². The van der Waals surface area contributed by atoms with E-state index in [0.29, 0.717) is 12.0 Å². The molecule has 4 nitrogen and oxygen atoms in total. The smallest absolute Gasteiger partial charge is 0.254 e. The van der Waals surface area contributed by atoms with Gasteiger partial charge in [0.15, 0.2) is 0 Å². The maximum atomic E-state index is 12.1. The summed E-state index contributed by atoms with van der Waals surface area (Å²) in [5.41, 5.74) is 0.745. The first-order valence-corrected chi connectivity index (χ1v) is 5.77. The summed E-state index contributed by atoms with van der Waals surface area (Å²) >= 11 is 0. The Labute approximate surface area is 94.7 Å². The van der Waals surface area contributed by atoms with Crippen molar-refractivity contribution in [3.63, 3.8) is 0 Å². The maximum absolute atomic E-state index is 12.1. The molecule has 0 aliphatic carbocycles.